The van der Waals surface area contributed by atoms with E-state index < -0.39 is 0 Å². The molecule has 0 spiro atoms. The van der Waals surface area contributed by atoms with Crippen molar-refractivity contribution in [3.8, 4) is 0 Å². The molecule has 0 aliphatic carbocycles. The fourth-order valence-electron chi connectivity index (χ4n) is 0.461. The summed E-state index contributed by atoms with van der Waals surface area (Å²) in [4.78, 5) is 3.70. The maximum atomic E-state index is 5.50. The number of nitrogens with zero attached hydrogens (tertiary/aromatic N) is 1. The summed E-state index contributed by atoms with van der Waals surface area (Å²) < 4.78 is 0. The fourth-order valence-corrected chi connectivity index (χ4v) is 0.627. The Kier molecular flexibility index (Phi) is 1.72. The summed E-state index contributed by atoms with van der Waals surface area (Å²) >= 11 is 5.50. The van der Waals surface area contributed by atoms with Crippen LogP contribution in [0.2, 0.25) is 5.15 Å². The Bertz CT molecular complexity index is 200. The second-order valence-electron chi connectivity index (χ2n) is 1.60. The van der Waals surface area contributed by atoms with Gasteiger partial charge in [0, 0.05) is 13.1 Å². The van der Waals surface area contributed by atoms with Crippen LogP contribution in [-0.2, 0) is 0 Å². The standard InChI is InChI=1S/C7H4ClN/c1-5-3-4-9-7(8)6(5)2/h1-4H. The highest BCUT2D eigenvalue weighted by Crippen LogP contribution is 2.13. The Morgan fingerprint density at radius 1 is 1.44 bits per heavy atom. The zero-order valence-corrected chi connectivity index (χ0v) is 5.39. The molecule has 0 fully saturated rings. The monoisotopic (exact) mass is 137 g/mol. The minimum Gasteiger partial charge on any atom is -0.244 e. The number of hydrogen-bond donors (Lipinski definition) is 0. The molecule has 4 radical (unpaired) electrons. The SMILES string of the molecule is [CH]c1ccnc(Cl)c1[CH]. The van der Waals surface area contributed by atoms with E-state index in [2.05, 4.69) is 4.98 Å². The molecule has 0 atom stereocenters. The van der Waals surface area contributed by atoms with Crippen molar-refractivity contribution in [1.29, 1.82) is 0 Å². The van der Waals surface area contributed by atoms with Crippen LogP contribution in [0.3, 0.4) is 0 Å². The molecule has 0 bridgehead atoms. The lowest BCUT2D eigenvalue weighted by Gasteiger charge is -1.96. The second kappa shape index (κ2) is 2.36. The third kappa shape index (κ3) is 1.22. The van der Waals surface area contributed by atoms with Gasteiger partial charge >= 0.3 is 0 Å². The lowest BCUT2D eigenvalue weighted by atomic mass is 10.2. The van der Waals surface area contributed by atoms with Crippen LogP contribution in [0.15, 0.2) is 12.3 Å². The lowest BCUT2D eigenvalue weighted by Crippen LogP contribution is -1.83. The molecule has 0 saturated heterocycles. The number of halogens is 1. The Morgan fingerprint density at radius 2 is 2.11 bits per heavy atom. The third-order valence-corrected chi connectivity index (χ3v) is 1.28. The van der Waals surface area contributed by atoms with Crippen LogP contribution < -0.4 is 0 Å². The van der Waals surface area contributed by atoms with Crippen LogP contribution in [0, 0.1) is 13.8 Å². The van der Waals surface area contributed by atoms with Gasteiger partial charge in [-0.15, -0.1) is 0 Å². The van der Waals surface area contributed by atoms with E-state index >= 15 is 0 Å². The molecule has 0 N–H and O–H groups in total. The van der Waals surface area contributed by atoms with Gasteiger partial charge in [-0.25, -0.2) is 4.98 Å². The fraction of sp³-hybridized carbons (Fsp3) is 0. The van der Waals surface area contributed by atoms with Crippen molar-refractivity contribution in [2.75, 3.05) is 0 Å². The van der Waals surface area contributed by atoms with E-state index in [4.69, 9.17) is 25.4 Å². The molecular weight excluding hydrogens is 134 g/mol. The minimum atomic E-state index is 0.259. The van der Waals surface area contributed by atoms with Crippen molar-refractivity contribution in [3.05, 3.63) is 42.4 Å². The molecule has 1 rings (SSSR count). The van der Waals surface area contributed by atoms with E-state index in [-0.39, 0.29) is 5.15 Å². The summed E-state index contributed by atoms with van der Waals surface area (Å²) in [6, 6.07) is 1.60. The summed E-state index contributed by atoms with van der Waals surface area (Å²) in [7, 11) is 0. The molecule has 2 heteroatoms. The molecule has 1 nitrogen and oxygen atoms in total. The Hall–Kier alpha value is -0.560. The predicted octanol–water partition coefficient (Wildman–Crippen LogP) is 1.85. The van der Waals surface area contributed by atoms with Gasteiger partial charge in [0.2, 0.25) is 0 Å². The minimum absolute atomic E-state index is 0.259. The summed E-state index contributed by atoms with van der Waals surface area (Å²) in [5.74, 6) is 0. The van der Waals surface area contributed by atoms with E-state index in [0.29, 0.717) is 11.1 Å². The Labute approximate surface area is 59.7 Å². The highest BCUT2D eigenvalue weighted by atomic mass is 35.5. The van der Waals surface area contributed by atoms with Crippen molar-refractivity contribution >= 4 is 11.6 Å². The summed E-state index contributed by atoms with van der Waals surface area (Å²) in [5, 5.41) is 0.259. The van der Waals surface area contributed by atoms with Gasteiger partial charge in [-0.2, -0.15) is 0 Å². The smallest absolute Gasteiger partial charge is 0.132 e. The van der Waals surface area contributed by atoms with Crippen LogP contribution in [0.25, 0.3) is 0 Å². The topological polar surface area (TPSA) is 12.9 Å². The quantitative estimate of drug-likeness (QED) is 0.498. The highest BCUT2D eigenvalue weighted by molar-refractivity contribution is 6.30. The molecule has 0 aliphatic rings. The molecule has 1 heterocycles. The van der Waals surface area contributed by atoms with Gasteiger partial charge in [0.05, 0.1) is 0 Å². The normalized spacial score (nSPS) is 9.67. The largest absolute Gasteiger partial charge is 0.244 e. The van der Waals surface area contributed by atoms with E-state index in [9.17, 15) is 0 Å². The molecule has 0 amide bonds. The number of hydrogen-bond acceptors (Lipinski definition) is 1. The van der Waals surface area contributed by atoms with Crippen molar-refractivity contribution in [3.63, 3.8) is 0 Å². The van der Waals surface area contributed by atoms with Gasteiger partial charge in [-0.3, -0.25) is 0 Å². The third-order valence-electron chi connectivity index (χ3n) is 0.975. The van der Waals surface area contributed by atoms with E-state index in [1.54, 1.807) is 6.07 Å². The van der Waals surface area contributed by atoms with Gasteiger partial charge < -0.3 is 0 Å². The number of rotatable bonds is 0. The Morgan fingerprint density at radius 3 is 2.56 bits per heavy atom. The first-order valence-electron chi connectivity index (χ1n) is 2.37. The molecule has 1 aromatic rings. The lowest BCUT2D eigenvalue weighted by molar-refractivity contribution is 1.29. The number of pyridine rings is 1. The maximum absolute atomic E-state index is 5.50. The first-order chi connectivity index (χ1) is 4.22. The van der Waals surface area contributed by atoms with Gasteiger partial charge in [0.25, 0.3) is 0 Å². The Balaban J connectivity index is 3.25. The van der Waals surface area contributed by atoms with E-state index in [1.807, 2.05) is 0 Å². The van der Waals surface area contributed by atoms with Crippen LogP contribution in [-0.4, -0.2) is 4.98 Å². The predicted molar refractivity (Wildman–Crippen MR) is 36.1 cm³/mol. The molecule has 44 valence electrons. The van der Waals surface area contributed by atoms with Crippen LogP contribution in [0.1, 0.15) is 11.1 Å². The zero-order valence-electron chi connectivity index (χ0n) is 4.63. The van der Waals surface area contributed by atoms with Crippen LogP contribution >= 0.6 is 11.6 Å². The summed E-state index contributed by atoms with van der Waals surface area (Å²) in [6.45, 7) is 10.7. The van der Waals surface area contributed by atoms with Crippen molar-refractivity contribution in [2.24, 2.45) is 0 Å². The summed E-state index contributed by atoms with van der Waals surface area (Å²) in [5.41, 5.74) is 0.814. The van der Waals surface area contributed by atoms with Gasteiger partial charge in [0.1, 0.15) is 5.15 Å². The van der Waals surface area contributed by atoms with E-state index in [1.165, 1.54) is 6.20 Å². The second-order valence-corrected chi connectivity index (χ2v) is 1.96. The van der Waals surface area contributed by atoms with Gasteiger partial charge in [-0.05, 0) is 24.1 Å². The first-order valence-corrected chi connectivity index (χ1v) is 2.75. The summed E-state index contributed by atoms with van der Waals surface area (Å²) in [6.07, 6.45) is 1.51. The first kappa shape index (κ1) is 6.56. The van der Waals surface area contributed by atoms with Gasteiger partial charge in [-0.1, -0.05) is 11.6 Å². The van der Waals surface area contributed by atoms with Crippen molar-refractivity contribution < 1.29 is 0 Å². The highest BCUT2D eigenvalue weighted by Gasteiger charge is 1.96. The maximum Gasteiger partial charge on any atom is 0.132 e. The molecule has 1 aromatic heterocycles. The van der Waals surface area contributed by atoms with Crippen LogP contribution in [0.4, 0.5) is 0 Å². The van der Waals surface area contributed by atoms with Crippen molar-refractivity contribution in [1.82, 2.24) is 4.98 Å². The zero-order chi connectivity index (χ0) is 6.85. The molecule has 0 saturated carbocycles. The van der Waals surface area contributed by atoms with E-state index in [0.717, 1.165) is 0 Å². The van der Waals surface area contributed by atoms with Gasteiger partial charge in [0.15, 0.2) is 0 Å². The molecule has 0 unspecified atom stereocenters. The average Bonchev–Trinajstić information content (AvgIpc) is 1.83. The number of aromatic nitrogens is 1. The molecule has 0 aromatic carbocycles. The molecular formula is C7H4ClN. The van der Waals surface area contributed by atoms with Crippen LogP contribution in [0.5, 0.6) is 0 Å². The molecule has 9 heavy (non-hydrogen) atoms. The average molecular weight is 138 g/mol. The molecule has 0 aliphatic heterocycles. The van der Waals surface area contributed by atoms with Crippen molar-refractivity contribution in [2.45, 2.75) is 0 Å².